The molecule has 1 saturated carbocycles. The normalized spacial score (nSPS) is 21.3. The Hall–Kier alpha value is -1.36. The van der Waals surface area contributed by atoms with Crippen LogP contribution in [0.2, 0.25) is 0 Å². The number of nitrogens with zero attached hydrogens (tertiary/aromatic N) is 1. The van der Waals surface area contributed by atoms with Gasteiger partial charge in [0.05, 0.1) is 6.61 Å². The van der Waals surface area contributed by atoms with E-state index in [4.69, 9.17) is 4.74 Å². The lowest BCUT2D eigenvalue weighted by Crippen LogP contribution is -2.43. The van der Waals surface area contributed by atoms with Crippen LogP contribution in [-0.4, -0.2) is 43.7 Å². The highest BCUT2D eigenvalue weighted by atomic mass is 32.2. The van der Waals surface area contributed by atoms with Crippen LogP contribution in [0.4, 0.5) is 0 Å². The van der Waals surface area contributed by atoms with Crippen LogP contribution in [0.5, 0.6) is 5.75 Å². The number of aryl methyl sites for hydroxylation is 1. The molecule has 5 heteroatoms. The number of aliphatic imine (C=N–C) groups is 1. The minimum Gasteiger partial charge on any atom is -0.494 e. The molecule has 1 aromatic rings. The minimum atomic E-state index is 0.558. The number of hydrogen-bond donors (Lipinski definition) is 2. The highest BCUT2D eigenvalue weighted by molar-refractivity contribution is 7.99. The van der Waals surface area contributed by atoms with Crippen molar-refractivity contribution in [3.8, 4) is 5.75 Å². The van der Waals surface area contributed by atoms with Crippen molar-refractivity contribution in [3.05, 3.63) is 29.8 Å². The van der Waals surface area contributed by atoms with Crippen molar-refractivity contribution in [2.24, 2.45) is 4.99 Å². The largest absolute Gasteiger partial charge is 0.494 e. The third-order valence-electron chi connectivity index (χ3n) is 4.19. The molecule has 1 fully saturated rings. The van der Waals surface area contributed by atoms with Gasteiger partial charge in [0.25, 0.3) is 0 Å². The number of thioether (sulfide) groups is 1. The fraction of sp³-hybridized carbons (Fsp3) is 0.611. The summed E-state index contributed by atoms with van der Waals surface area (Å²) in [6, 6.07) is 8.74. The molecule has 1 aliphatic carbocycles. The average Bonchev–Trinajstić information content (AvgIpc) is 3.03. The van der Waals surface area contributed by atoms with E-state index in [0.717, 1.165) is 29.9 Å². The second kappa shape index (κ2) is 9.71. The minimum absolute atomic E-state index is 0.558. The van der Waals surface area contributed by atoms with Gasteiger partial charge < -0.3 is 15.4 Å². The molecule has 0 amide bonds. The Morgan fingerprint density at radius 1 is 1.30 bits per heavy atom. The Kier molecular flexibility index (Phi) is 7.59. The first-order chi connectivity index (χ1) is 11.2. The number of guanidine groups is 1. The maximum Gasteiger partial charge on any atom is 0.191 e. The standard InChI is InChI=1S/C18H29N3OS/c1-14-5-8-16(9-6-14)22-12-4-11-20-18(19-2)21-15-7-10-17(13-15)23-3/h5-6,8-9,15,17H,4,7,10-13H2,1-3H3,(H2,19,20,21). The van der Waals surface area contributed by atoms with Gasteiger partial charge in [0, 0.05) is 24.9 Å². The highest BCUT2D eigenvalue weighted by Crippen LogP contribution is 2.27. The SMILES string of the molecule is CN=C(NCCCOc1ccc(C)cc1)NC1CCC(SC)C1. The van der Waals surface area contributed by atoms with Crippen molar-refractivity contribution in [3.63, 3.8) is 0 Å². The summed E-state index contributed by atoms with van der Waals surface area (Å²) >= 11 is 1.98. The van der Waals surface area contributed by atoms with Crippen LogP contribution < -0.4 is 15.4 Å². The Balaban J connectivity index is 1.59. The molecule has 2 N–H and O–H groups in total. The lowest BCUT2D eigenvalue weighted by Gasteiger charge is -2.17. The zero-order chi connectivity index (χ0) is 16.5. The quantitative estimate of drug-likeness (QED) is 0.456. The predicted molar refractivity (Wildman–Crippen MR) is 101 cm³/mol. The third-order valence-corrected chi connectivity index (χ3v) is 5.28. The van der Waals surface area contributed by atoms with Gasteiger partial charge in [0.15, 0.2) is 5.96 Å². The van der Waals surface area contributed by atoms with Gasteiger partial charge in [-0.25, -0.2) is 0 Å². The molecular formula is C18H29N3OS. The lowest BCUT2D eigenvalue weighted by molar-refractivity contribution is 0.311. The predicted octanol–water partition coefficient (Wildman–Crippen LogP) is 3.21. The second-order valence-electron chi connectivity index (χ2n) is 6.03. The van der Waals surface area contributed by atoms with E-state index in [-0.39, 0.29) is 0 Å². The van der Waals surface area contributed by atoms with Gasteiger partial charge in [0.1, 0.15) is 5.75 Å². The molecule has 0 aliphatic heterocycles. The van der Waals surface area contributed by atoms with Crippen molar-refractivity contribution in [2.75, 3.05) is 26.5 Å². The molecule has 0 heterocycles. The van der Waals surface area contributed by atoms with Crippen LogP contribution in [0.15, 0.2) is 29.3 Å². The van der Waals surface area contributed by atoms with Crippen LogP contribution in [0.3, 0.4) is 0 Å². The highest BCUT2D eigenvalue weighted by Gasteiger charge is 2.24. The zero-order valence-corrected chi connectivity index (χ0v) is 15.3. The van der Waals surface area contributed by atoms with Crippen molar-refractivity contribution in [1.29, 1.82) is 0 Å². The summed E-state index contributed by atoms with van der Waals surface area (Å²) in [4.78, 5) is 4.31. The van der Waals surface area contributed by atoms with Crippen molar-refractivity contribution >= 4 is 17.7 Å². The first kappa shape index (κ1) is 18.0. The van der Waals surface area contributed by atoms with Gasteiger partial charge in [-0.15, -0.1) is 0 Å². The molecule has 23 heavy (non-hydrogen) atoms. The Morgan fingerprint density at radius 2 is 2.09 bits per heavy atom. The molecule has 0 radical (unpaired) electrons. The Morgan fingerprint density at radius 3 is 2.74 bits per heavy atom. The number of benzene rings is 1. The number of hydrogen-bond acceptors (Lipinski definition) is 3. The van der Waals surface area contributed by atoms with Crippen molar-refractivity contribution in [1.82, 2.24) is 10.6 Å². The molecule has 2 unspecified atom stereocenters. The van der Waals surface area contributed by atoms with Gasteiger partial charge >= 0.3 is 0 Å². The number of rotatable bonds is 7. The van der Waals surface area contributed by atoms with E-state index < -0.39 is 0 Å². The molecule has 2 atom stereocenters. The van der Waals surface area contributed by atoms with E-state index >= 15 is 0 Å². The van der Waals surface area contributed by atoms with E-state index in [1.54, 1.807) is 0 Å². The van der Waals surface area contributed by atoms with E-state index in [1.165, 1.54) is 24.8 Å². The molecule has 2 rings (SSSR count). The van der Waals surface area contributed by atoms with Crippen LogP contribution in [-0.2, 0) is 0 Å². The summed E-state index contributed by atoms with van der Waals surface area (Å²) in [7, 11) is 1.83. The average molecular weight is 336 g/mol. The van der Waals surface area contributed by atoms with Gasteiger partial charge in [-0.2, -0.15) is 11.8 Å². The molecule has 4 nitrogen and oxygen atoms in total. The van der Waals surface area contributed by atoms with Crippen molar-refractivity contribution < 1.29 is 4.74 Å². The maximum atomic E-state index is 5.74. The summed E-state index contributed by atoms with van der Waals surface area (Å²) < 4.78 is 5.74. The topological polar surface area (TPSA) is 45.7 Å². The van der Waals surface area contributed by atoms with Gasteiger partial charge in [-0.3, -0.25) is 4.99 Å². The third kappa shape index (κ3) is 6.34. The molecule has 0 aromatic heterocycles. The summed E-state index contributed by atoms with van der Waals surface area (Å²) in [5.74, 6) is 1.85. The zero-order valence-electron chi connectivity index (χ0n) is 14.5. The van der Waals surface area contributed by atoms with E-state index in [1.807, 2.05) is 30.9 Å². The first-order valence-corrected chi connectivity index (χ1v) is 9.69. The Labute approximate surface area is 144 Å². The molecule has 0 spiro atoms. The molecule has 128 valence electrons. The summed E-state index contributed by atoms with van der Waals surface area (Å²) in [5, 5.41) is 7.71. The molecule has 1 aliphatic rings. The number of nitrogens with one attached hydrogen (secondary N) is 2. The number of ether oxygens (including phenoxy) is 1. The summed E-state index contributed by atoms with van der Waals surface area (Å²) in [6.07, 6.45) is 6.93. The van der Waals surface area contributed by atoms with Gasteiger partial charge in [-0.1, -0.05) is 17.7 Å². The fourth-order valence-electron chi connectivity index (χ4n) is 2.78. The van der Waals surface area contributed by atoms with Gasteiger partial charge in [0.2, 0.25) is 0 Å². The van der Waals surface area contributed by atoms with E-state index in [9.17, 15) is 0 Å². The van der Waals surface area contributed by atoms with Crippen molar-refractivity contribution in [2.45, 2.75) is 43.9 Å². The molecule has 0 bridgehead atoms. The van der Waals surface area contributed by atoms with Crippen LogP contribution in [0, 0.1) is 6.92 Å². The molecule has 0 saturated heterocycles. The smallest absolute Gasteiger partial charge is 0.191 e. The monoisotopic (exact) mass is 335 g/mol. The van der Waals surface area contributed by atoms with E-state index in [0.29, 0.717) is 12.6 Å². The van der Waals surface area contributed by atoms with Crippen LogP contribution in [0.1, 0.15) is 31.2 Å². The molecular weight excluding hydrogens is 306 g/mol. The molecule has 1 aromatic carbocycles. The second-order valence-corrected chi connectivity index (χ2v) is 7.16. The first-order valence-electron chi connectivity index (χ1n) is 8.40. The lowest BCUT2D eigenvalue weighted by atomic mass is 10.2. The van der Waals surface area contributed by atoms with Crippen LogP contribution in [0.25, 0.3) is 0 Å². The summed E-state index contributed by atoms with van der Waals surface area (Å²) in [6.45, 7) is 3.66. The van der Waals surface area contributed by atoms with Gasteiger partial charge in [-0.05, 0) is 51.0 Å². The summed E-state index contributed by atoms with van der Waals surface area (Å²) in [5.41, 5.74) is 1.25. The van der Waals surface area contributed by atoms with E-state index in [2.05, 4.69) is 40.9 Å². The fourth-order valence-corrected chi connectivity index (χ4v) is 3.57. The maximum absolute atomic E-state index is 5.74. The Bertz CT molecular complexity index is 490. The van der Waals surface area contributed by atoms with Crippen LogP contribution >= 0.6 is 11.8 Å².